The number of amides is 1. The van der Waals surface area contributed by atoms with Gasteiger partial charge in [-0.2, -0.15) is 0 Å². The third-order valence-electron chi connectivity index (χ3n) is 0.733. The number of carbonyl (C=O) groups excluding carboxylic acids is 1. The molecule has 0 aromatic carbocycles. The molecule has 0 atom stereocenters. The Kier molecular flexibility index (Phi) is 4.26. The van der Waals surface area contributed by atoms with Crippen molar-refractivity contribution in [1.29, 1.82) is 0 Å². The molecular weight excluding hydrogens is 104 g/mol. The van der Waals surface area contributed by atoms with Gasteiger partial charge in [0.2, 0.25) is 5.91 Å². The van der Waals surface area contributed by atoms with E-state index in [1.54, 1.807) is 0 Å². The van der Waals surface area contributed by atoms with E-state index in [2.05, 4.69) is 5.32 Å². The van der Waals surface area contributed by atoms with Crippen LogP contribution in [0.5, 0.6) is 0 Å². The largest absolute Gasteiger partial charge is 0.355 e. The van der Waals surface area contributed by atoms with Crippen LogP contribution in [0.2, 0.25) is 0 Å². The van der Waals surface area contributed by atoms with Gasteiger partial charge in [-0.15, -0.1) is 0 Å². The van der Waals surface area contributed by atoms with Gasteiger partial charge in [-0.25, -0.2) is 5.73 Å². The van der Waals surface area contributed by atoms with Crippen LogP contribution >= 0.6 is 0 Å². The maximum absolute atomic E-state index is 10.3. The molecule has 47 valence electrons. The predicted octanol–water partition coefficient (Wildman–Crippen LogP) is -0.205. The van der Waals surface area contributed by atoms with Crippen molar-refractivity contribution in [1.82, 2.24) is 11.1 Å². The number of hydrogen-bond acceptors (Lipinski definition) is 1. The lowest BCUT2D eigenvalue weighted by Gasteiger charge is -1.96. The average Bonchev–Trinajstić information content (AvgIpc) is 1.83. The molecule has 0 bridgehead atoms. The van der Waals surface area contributed by atoms with E-state index in [1.807, 2.05) is 6.92 Å². The van der Waals surface area contributed by atoms with Crippen molar-refractivity contribution in [3.8, 4) is 0 Å². The quantitative estimate of drug-likeness (QED) is 0.544. The molecule has 3 heteroatoms. The van der Waals surface area contributed by atoms with Gasteiger partial charge in [-0.05, 0) is 6.42 Å². The molecule has 0 unspecified atom stereocenters. The zero-order valence-corrected chi connectivity index (χ0v) is 5.03. The van der Waals surface area contributed by atoms with Crippen LogP contribution in [0.3, 0.4) is 0 Å². The van der Waals surface area contributed by atoms with Crippen molar-refractivity contribution in [2.24, 2.45) is 0 Å². The van der Waals surface area contributed by atoms with Crippen molar-refractivity contribution in [3.63, 3.8) is 0 Å². The second kappa shape index (κ2) is 4.59. The molecule has 1 amide bonds. The van der Waals surface area contributed by atoms with E-state index in [1.165, 1.54) is 0 Å². The maximum Gasteiger partial charge on any atom is 0.235 e. The third-order valence-corrected chi connectivity index (χ3v) is 0.733. The molecule has 0 aromatic heterocycles. The van der Waals surface area contributed by atoms with E-state index in [0.717, 1.165) is 6.42 Å². The zero-order chi connectivity index (χ0) is 6.41. The molecule has 0 fully saturated rings. The molecule has 0 saturated carbocycles. The molecular formula is C5H11N2O. The molecule has 0 aliphatic rings. The fraction of sp³-hybridized carbons (Fsp3) is 0.800. The third kappa shape index (κ3) is 3.61. The van der Waals surface area contributed by atoms with E-state index in [9.17, 15) is 4.79 Å². The Hall–Kier alpha value is -0.570. The summed E-state index contributed by atoms with van der Waals surface area (Å²) in [5, 5.41) is 2.56. The Labute approximate surface area is 49.3 Å². The van der Waals surface area contributed by atoms with Gasteiger partial charge in [0.05, 0.1) is 6.54 Å². The van der Waals surface area contributed by atoms with Gasteiger partial charge in [0.1, 0.15) is 0 Å². The summed E-state index contributed by atoms with van der Waals surface area (Å²) in [4.78, 5) is 10.3. The summed E-state index contributed by atoms with van der Waals surface area (Å²) < 4.78 is 0. The van der Waals surface area contributed by atoms with Crippen LogP contribution in [-0.2, 0) is 4.79 Å². The van der Waals surface area contributed by atoms with E-state index < -0.39 is 0 Å². The molecule has 3 nitrogen and oxygen atoms in total. The van der Waals surface area contributed by atoms with E-state index >= 15 is 0 Å². The first kappa shape index (κ1) is 7.43. The topological polar surface area (TPSA) is 52.9 Å². The van der Waals surface area contributed by atoms with Crippen LogP contribution in [-0.4, -0.2) is 19.0 Å². The Morgan fingerprint density at radius 3 is 2.75 bits per heavy atom. The monoisotopic (exact) mass is 115 g/mol. The van der Waals surface area contributed by atoms with Crippen LogP contribution in [0.4, 0.5) is 0 Å². The zero-order valence-electron chi connectivity index (χ0n) is 5.03. The van der Waals surface area contributed by atoms with Gasteiger partial charge in [-0.3, -0.25) is 4.79 Å². The lowest BCUT2D eigenvalue weighted by Crippen LogP contribution is -2.27. The second-order valence-electron chi connectivity index (χ2n) is 1.53. The summed E-state index contributed by atoms with van der Waals surface area (Å²) in [5.74, 6) is -0.188. The molecule has 0 heterocycles. The van der Waals surface area contributed by atoms with Crippen LogP contribution in [0.25, 0.3) is 0 Å². The van der Waals surface area contributed by atoms with Gasteiger partial charge in [-0.1, -0.05) is 6.92 Å². The first-order chi connectivity index (χ1) is 3.81. The minimum absolute atomic E-state index is 0.153. The molecule has 1 radical (unpaired) electrons. The van der Waals surface area contributed by atoms with Crippen LogP contribution in [0.15, 0.2) is 0 Å². The summed E-state index contributed by atoms with van der Waals surface area (Å²) in [6.45, 7) is 2.52. The maximum atomic E-state index is 10.3. The van der Waals surface area contributed by atoms with Crippen molar-refractivity contribution < 1.29 is 4.79 Å². The average molecular weight is 115 g/mol. The second-order valence-corrected chi connectivity index (χ2v) is 1.53. The smallest absolute Gasteiger partial charge is 0.235 e. The van der Waals surface area contributed by atoms with E-state index in [0.29, 0.717) is 6.54 Å². The molecule has 2 N–H and O–H groups in total. The standard InChI is InChI=1S/C5H11N2O/c1-2-3-7-5(8)4-6/h6H,2-4H2,1H3,(H,7,8). The Balaban J connectivity index is 2.99. The molecule has 0 aliphatic carbocycles. The van der Waals surface area contributed by atoms with Gasteiger partial charge < -0.3 is 5.32 Å². The Morgan fingerprint density at radius 1 is 1.75 bits per heavy atom. The molecule has 0 aliphatic heterocycles. The van der Waals surface area contributed by atoms with E-state index in [-0.39, 0.29) is 12.5 Å². The number of rotatable bonds is 3. The predicted molar refractivity (Wildman–Crippen MR) is 31.3 cm³/mol. The van der Waals surface area contributed by atoms with Crippen molar-refractivity contribution in [3.05, 3.63) is 0 Å². The lowest BCUT2D eigenvalue weighted by atomic mass is 10.5. The highest BCUT2D eigenvalue weighted by Crippen LogP contribution is 1.68. The van der Waals surface area contributed by atoms with Gasteiger partial charge >= 0.3 is 0 Å². The fourth-order valence-corrected chi connectivity index (χ4v) is 0.327. The molecule has 0 rings (SSSR count). The normalized spacial score (nSPS) is 8.75. The van der Waals surface area contributed by atoms with Gasteiger partial charge in [0.15, 0.2) is 0 Å². The first-order valence-corrected chi connectivity index (χ1v) is 2.72. The lowest BCUT2D eigenvalue weighted by molar-refractivity contribution is -0.119. The Bertz CT molecular complexity index is 72.8. The highest BCUT2D eigenvalue weighted by molar-refractivity contribution is 5.77. The van der Waals surface area contributed by atoms with Gasteiger partial charge in [0, 0.05) is 6.54 Å². The highest BCUT2D eigenvalue weighted by atomic mass is 16.1. The van der Waals surface area contributed by atoms with E-state index in [4.69, 9.17) is 5.73 Å². The minimum atomic E-state index is -0.188. The summed E-state index contributed by atoms with van der Waals surface area (Å²) >= 11 is 0. The van der Waals surface area contributed by atoms with Crippen LogP contribution < -0.4 is 11.1 Å². The summed E-state index contributed by atoms with van der Waals surface area (Å²) in [5.41, 5.74) is 6.58. The van der Waals surface area contributed by atoms with Crippen molar-refractivity contribution in [2.45, 2.75) is 13.3 Å². The molecule has 8 heavy (non-hydrogen) atoms. The minimum Gasteiger partial charge on any atom is -0.355 e. The summed E-state index contributed by atoms with van der Waals surface area (Å²) in [6, 6.07) is 0. The SMILES string of the molecule is CCCNC(=O)C[NH]. The van der Waals surface area contributed by atoms with Crippen LogP contribution in [0.1, 0.15) is 13.3 Å². The van der Waals surface area contributed by atoms with Gasteiger partial charge in [0.25, 0.3) is 0 Å². The molecule has 0 spiro atoms. The number of nitrogens with one attached hydrogen (secondary N) is 2. The Morgan fingerprint density at radius 2 is 2.38 bits per heavy atom. The van der Waals surface area contributed by atoms with Crippen molar-refractivity contribution >= 4 is 5.91 Å². The fourth-order valence-electron chi connectivity index (χ4n) is 0.327. The van der Waals surface area contributed by atoms with Crippen molar-refractivity contribution in [2.75, 3.05) is 13.1 Å². The molecule has 0 saturated heterocycles. The highest BCUT2D eigenvalue weighted by Gasteiger charge is 1.91. The first-order valence-electron chi connectivity index (χ1n) is 2.72. The van der Waals surface area contributed by atoms with Crippen LogP contribution in [0, 0.1) is 0 Å². The number of carbonyl (C=O) groups is 1. The number of hydrogen-bond donors (Lipinski definition) is 1. The molecule has 0 aromatic rings. The summed E-state index contributed by atoms with van der Waals surface area (Å²) in [7, 11) is 0. The summed E-state index contributed by atoms with van der Waals surface area (Å²) in [6.07, 6.45) is 0.936.